The van der Waals surface area contributed by atoms with Crippen LogP contribution in [0, 0.1) is 17.1 Å². The minimum atomic E-state index is -0.858. The fraction of sp³-hybridized carbons (Fsp3) is 0.500. The second-order valence-electron chi connectivity index (χ2n) is 4.92. The van der Waals surface area contributed by atoms with Gasteiger partial charge in [0.25, 0.3) is 5.91 Å². The fourth-order valence-corrected chi connectivity index (χ4v) is 2.44. The Labute approximate surface area is 111 Å². The lowest BCUT2D eigenvalue weighted by molar-refractivity contribution is 0.0908. The molecule has 0 saturated heterocycles. The van der Waals surface area contributed by atoms with Crippen LogP contribution in [-0.4, -0.2) is 16.4 Å². The Balaban J connectivity index is 2.17. The number of aromatic nitrogens is 1. The zero-order valence-electron chi connectivity index (χ0n) is 10.7. The van der Waals surface area contributed by atoms with Gasteiger partial charge in [-0.3, -0.25) is 9.78 Å². The summed E-state index contributed by atoms with van der Waals surface area (Å²) >= 11 is 0. The first kappa shape index (κ1) is 13.5. The monoisotopic (exact) mass is 261 g/mol. The minimum absolute atomic E-state index is 0.0612. The molecule has 1 fully saturated rings. The summed E-state index contributed by atoms with van der Waals surface area (Å²) in [5, 5.41) is 12.1. The highest BCUT2D eigenvalue weighted by molar-refractivity contribution is 5.95. The van der Waals surface area contributed by atoms with Gasteiger partial charge in [-0.2, -0.15) is 5.26 Å². The molecule has 0 aromatic carbocycles. The molecule has 19 heavy (non-hydrogen) atoms. The van der Waals surface area contributed by atoms with Crippen molar-refractivity contribution in [2.45, 2.75) is 44.1 Å². The lowest BCUT2D eigenvalue weighted by atomic mass is 9.91. The van der Waals surface area contributed by atoms with Gasteiger partial charge < -0.3 is 5.32 Å². The Hall–Kier alpha value is -1.96. The summed E-state index contributed by atoms with van der Waals surface area (Å²) in [5.41, 5.74) is -0.919. The molecule has 1 heterocycles. The summed E-state index contributed by atoms with van der Waals surface area (Å²) in [7, 11) is 0. The van der Waals surface area contributed by atoms with Crippen molar-refractivity contribution >= 4 is 5.91 Å². The summed E-state index contributed by atoms with van der Waals surface area (Å²) in [6.45, 7) is 0. The molecule has 1 amide bonds. The van der Waals surface area contributed by atoms with Crippen LogP contribution in [0.25, 0.3) is 0 Å². The smallest absolute Gasteiger partial charge is 0.255 e. The van der Waals surface area contributed by atoms with E-state index in [1.807, 2.05) is 0 Å². The highest BCUT2D eigenvalue weighted by atomic mass is 19.1. The second kappa shape index (κ2) is 5.79. The Morgan fingerprint density at radius 1 is 1.37 bits per heavy atom. The van der Waals surface area contributed by atoms with Crippen LogP contribution in [0.4, 0.5) is 4.39 Å². The lowest BCUT2D eigenvalue weighted by Crippen LogP contribution is -2.47. The maximum atomic E-state index is 13.5. The molecule has 1 N–H and O–H groups in total. The van der Waals surface area contributed by atoms with Crippen molar-refractivity contribution in [2.24, 2.45) is 0 Å². The highest BCUT2D eigenvalue weighted by Gasteiger charge is 2.33. The summed E-state index contributed by atoms with van der Waals surface area (Å²) in [4.78, 5) is 15.7. The zero-order chi connectivity index (χ0) is 13.7. The van der Waals surface area contributed by atoms with Gasteiger partial charge in [0, 0.05) is 6.20 Å². The van der Waals surface area contributed by atoms with Gasteiger partial charge in [-0.25, -0.2) is 4.39 Å². The van der Waals surface area contributed by atoms with E-state index < -0.39 is 17.3 Å². The average Bonchev–Trinajstić information content (AvgIpc) is 2.65. The van der Waals surface area contributed by atoms with Gasteiger partial charge >= 0.3 is 0 Å². The molecule has 0 bridgehead atoms. The average molecular weight is 261 g/mol. The standard InChI is InChI=1S/C14H16FN3O/c15-12-9-17-8-5-11(12)13(19)18-14(10-16)6-3-1-2-4-7-14/h5,8-9H,1-4,6-7H2,(H,18,19). The number of rotatable bonds is 2. The van der Waals surface area contributed by atoms with E-state index in [-0.39, 0.29) is 5.56 Å². The first-order chi connectivity index (χ1) is 9.17. The van der Waals surface area contributed by atoms with Gasteiger partial charge in [-0.1, -0.05) is 25.7 Å². The van der Waals surface area contributed by atoms with Crippen molar-refractivity contribution in [1.29, 1.82) is 5.26 Å². The molecule has 1 aromatic rings. The number of carbonyl (C=O) groups is 1. The number of nitriles is 1. The third-order valence-electron chi connectivity index (χ3n) is 3.54. The quantitative estimate of drug-likeness (QED) is 0.832. The fourth-order valence-electron chi connectivity index (χ4n) is 2.44. The van der Waals surface area contributed by atoms with E-state index in [2.05, 4.69) is 16.4 Å². The number of amides is 1. The molecule has 1 aromatic heterocycles. The van der Waals surface area contributed by atoms with Crippen molar-refractivity contribution in [2.75, 3.05) is 0 Å². The molecule has 0 aliphatic heterocycles. The van der Waals surface area contributed by atoms with Crippen LogP contribution < -0.4 is 5.32 Å². The van der Waals surface area contributed by atoms with Gasteiger partial charge in [0.15, 0.2) is 5.82 Å². The van der Waals surface area contributed by atoms with Crippen molar-refractivity contribution in [3.05, 3.63) is 29.8 Å². The van der Waals surface area contributed by atoms with Crippen LogP contribution >= 0.6 is 0 Å². The van der Waals surface area contributed by atoms with E-state index in [4.69, 9.17) is 0 Å². The first-order valence-corrected chi connectivity index (χ1v) is 6.50. The molecule has 0 radical (unpaired) electrons. The number of hydrogen-bond acceptors (Lipinski definition) is 3. The van der Waals surface area contributed by atoms with Crippen LogP contribution in [0.5, 0.6) is 0 Å². The molecular formula is C14H16FN3O. The Kier molecular flexibility index (Phi) is 4.10. The highest BCUT2D eigenvalue weighted by Crippen LogP contribution is 2.27. The molecule has 4 nitrogen and oxygen atoms in total. The second-order valence-corrected chi connectivity index (χ2v) is 4.92. The molecule has 0 atom stereocenters. The van der Waals surface area contributed by atoms with Gasteiger partial charge in [-0.15, -0.1) is 0 Å². The van der Waals surface area contributed by atoms with Gasteiger partial charge in [0.05, 0.1) is 17.8 Å². The van der Waals surface area contributed by atoms with Gasteiger partial charge in [0.2, 0.25) is 0 Å². The lowest BCUT2D eigenvalue weighted by Gasteiger charge is -2.26. The van der Waals surface area contributed by atoms with Crippen LogP contribution in [0.1, 0.15) is 48.9 Å². The minimum Gasteiger partial charge on any atom is -0.334 e. The number of nitrogens with one attached hydrogen (secondary N) is 1. The van der Waals surface area contributed by atoms with Gasteiger partial charge in [0.1, 0.15) is 5.54 Å². The number of nitrogens with zero attached hydrogens (tertiary/aromatic N) is 2. The van der Waals surface area contributed by atoms with E-state index in [9.17, 15) is 14.4 Å². The molecule has 1 aliphatic carbocycles. The SMILES string of the molecule is N#CC1(NC(=O)c2ccncc2F)CCCCCC1. The predicted octanol–water partition coefficient (Wildman–Crippen LogP) is 2.57. The molecule has 5 heteroatoms. The largest absolute Gasteiger partial charge is 0.334 e. The molecule has 0 unspecified atom stereocenters. The topological polar surface area (TPSA) is 65.8 Å². The Morgan fingerprint density at radius 2 is 2.05 bits per heavy atom. The third-order valence-corrected chi connectivity index (χ3v) is 3.54. The van der Waals surface area contributed by atoms with Crippen LogP contribution in [0.15, 0.2) is 18.5 Å². The summed E-state index contributed by atoms with van der Waals surface area (Å²) in [6, 6.07) is 3.53. The molecule has 1 saturated carbocycles. The maximum Gasteiger partial charge on any atom is 0.255 e. The molecule has 0 spiro atoms. The van der Waals surface area contributed by atoms with E-state index in [1.54, 1.807) is 0 Å². The molecular weight excluding hydrogens is 245 g/mol. The summed E-state index contributed by atoms with van der Waals surface area (Å²) < 4.78 is 13.5. The first-order valence-electron chi connectivity index (χ1n) is 6.50. The summed E-state index contributed by atoms with van der Waals surface area (Å²) in [5.74, 6) is -1.20. The number of pyridine rings is 1. The number of carbonyl (C=O) groups excluding carboxylic acids is 1. The Bertz CT molecular complexity index is 502. The van der Waals surface area contributed by atoms with Crippen molar-refractivity contribution in [3.8, 4) is 6.07 Å². The predicted molar refractivity (Wildman–Crippen MR) is 67.7 cm³/mol. The third kappa shape index (κ3) is 3.08. The molecule has 2 rings (SSSR count). The van der Waals surface area contributed by atoms with E-state index in [1.165, 1.54) is 12.3 Å². The van der Waals surface area contributed by atoms with Crippen molar-refractivity contribution in [1.82, 2.24) is 10.3 Å². The number of halogens is 1. The Morgan fingerprint density at radius 3 is 2.63 bits per heavy atom. The van der Waals surface area contributed by atoms with Crippen LogP contribution in [0.3, 0.4) is 0 Å². The van der Waals surface area contributed by atoms with Crippen molar-refractivity contribution in [3.63, 3.8) is 0 Å². The zero-order valence-corrected chi connectivity index (χ0v) is 10.7. The maximum absolute atomic E-state index is 13.5. The van der Waals surface area contributed by atoms with Gasteiger partial charge in [-0.05, 0) is 18.9 Å². The van der Waals surface area contributed by atoms with Crippen LogP contribution in [-0.2, 0) is 0 Å². The van der Waals surface area contributed by atoms with E-state index in [0.717, 1.165) is 31.9 Å². The molecule has 1 aliphatic rings. The normalized spacial score (nSPS) is 18.1. The number of hydrogen-bond donors (Lipinski definition) is 1. The van der Waals surface area contributed by atoms with E-state index in [0.29, 0.717) is 12.8 Å². The molecule has 100 valence electrons. The van der Waals surface area contributed by atoms with Crippen molar-refractivity contribution < 1.29 is 9.18 Å². The van der Waals surface area contributed by atoms with E-state index >= 15 is 0 Å². The van der Waals surface area contributed by atoms with Crippen LogP contribution in [0.2, 0.25) is 0 Å². The summed E-state index contributed by atoms with van der Waals surface area (Å²) in [6.07, 6.45) is 7.58.